The van der Waals surface area contributed by atoms with Crippen molar-refractivity contribution >= 4 is 27.2 Å². The highest BCUT2D eigenvalue weighted by Gasteiger charge is 2.16. The van der Waals surface area contributed by atoms with Crippen molar-refractivity contribution in [2.24, 2.45) is 0 Å². The first-order chi connectivity index (χ1) is 13.3. The van der Waals surface area contributed by atoms with Crippen LogP contribution in [0.2, 0.25) is 0 Å². The molecule has 0 aliphatic rings. The van der Waals surface area contributed by atoms with Gasteiger partial charge in [0.2, 0.25) is 0 Å². The maximum atomic E-state index is 12.6. The molecule has 146 valence electrons. The molecule has 6 nitrogen and oxygen atoms in total. The van der Waals surface area contributed by atoms with Crippen molar-refractivity contribution in [3.8, 4) is 5.75 Å². The third-order valence-corrected chi connectivity index (χ3v) is 5.45. The van der Waals surface area contributed by atoms with Gasteiger partial charge in [-0.3, -0.25) is 4.72 Å². The molecule has 0 aliphatic carbocycles. The van der Waals surface area contributed by atoms with Crippen molar-refractivity contribution in [3.05, 3.63) is 72.4 Å². The molecule has 1 aromatic heterocycles. The number of nitrogens with one attached hydrogen (secondary N) is 2. The fourth-order valence-corrected chi connectivity index (χ4v) is 3.95. The molecule has 0 aliphatic heterocycles. The number of hydrogen-bond donors (Lipinski definition) is 2. The molecule has 3 aromatic rings. The van der Waals surface area contributed by atoms with E-state index in [9.17, 15) is 8.42 Å². The van der Waals surface area contributed by atoms with Gasteiger partial charge in [-0.1, -0.05) is 30.3 Å². The molecule has 0 saturated carbocycles. The van der Waals surface area contributed by atoms with Gasteiger partial charge in [0.25, 0.3) is 10.0 Å². The molecule has 0 amide bonds. The van der Waals surface area contributed by atoms with Crippen molar-refractivity contribution in [3.63, 3.8) is 0 Å². The number of nitrogens with zero attached hydrogens (tertiary/aromatic N) is 1. The summed E-state index contributed by atoms with van der Waals surface area (Å²) in [5, 5.41) is 3.20. The van der Waals surface area contributed by atoms with Gasteiger partial charge in [-0.2, -0.15) is 0 Å². The van der Waals surface area contributed by atoms with Crippen LogP contribution in [0.4, 0.5) is 17.2 Å². The predicted molar refractivity (Wildman–Crippen MR) is 112 cm³/mol. The van der Waals surface area contributed by atoms with Crippen LogP contribution in [-0.2, 0) is 10.0 Å². The maximum absolute atomic E-state index is 12.6. The van der Waals surface area contributed by atoms with E-state index in [1.165, 1.54) is 6.20 Å². The van der Waals surface area contributed by atoms with Crippen LogP contribution in [0.5, 0.6) is 5.75 Å². The van der Waals surface area contributed by atoms with Gasteiger partial charge in [-0.05, 0) is 56.7 Å². The Morgan fingerprint density at radius 3 is 2.36 bits per heavy atom. The first kappa shape index (κ1) is 19.7. The Labute approximate surface area is 165 Å². The van der Waals surface area contributed by atoms with Crippen LogP contribution in [0.15, 0.2) is 71.8 Å². The molecule has 0 fully saturated rings. The van der Waals surface area contributed by atoms with Crippen LogP contribution < -0.4 is 14.8 Å². The third-order valence-electron chi connectivity index (χ3n) is 3.91. The molecule has 0 atom stereocenters. The molecule has 0 spiro atoms. The third kappa shape index (κ3) is 4.80. The second kappa shape index (κ2) is 8.31. The summed E-state index contributed by atoms with van der Waals surface area (Å²) in [6.45, 7) is 5.69. The Kier molecular flexibility index (Phi) is 5.84. The van der Waals surface area contributed by atoms with Gasteiger partial charge in [0.05, 0.1) is 28.6 Å². The molecule has 2 aromatic carbocycles. The summed E-state index contributed by atoms with van der Waals surface area (Å²) >= 11 is 0. The van der Waals surface area contributed by atoms with E-state index < -0.39 is 10.0 Å². The molecule has 2 N–H and O–H groups in total. The van der Waals surface area contributed by atoms with Crippen LogP contribution in [-0.4, -0.2) is 19.5 Å². The minimum absolute atomic E-state index is 0.0501. The van der Waals surface area contributed by atoms with E-state index in [4.69, 9.17) is 4.74 Å². The highest BCUT2D eigenvalue weighted by molar-refractivity contribution is 7.92. The van der Waals surface area contributed by atoms with Gasteiger partial charge in [-0.25, -0.2) is 13.4 Å². The quantitative estimate of drug-likeness (QED) is 0.603. The highest BCUT2D eigenvalue weighted by atomic mass is 32.2. The lowest BCUT2D eigenvalue weighted by Crippen LogP contribution is -2.14. The number of ether oxygens (including phenoxy) is 1. The summed E-state index contributed by atoms with van der Waals surface area (Å²) in [5.41, 5.74) is 1.86. The topological polar surface area (TPSA) is 80.3 Å². The number of aromatic nitrogens is 1. The summed E-state index contributed by atoms with van der Waals surface area (Å²) in [7, 11) is -3.67. The van der Waals surface area contributed by atoms with E-state index in [0.29, 0.717) is 17.1 Å². The zero-order chi connectivity index (χ0) is 20.1. The largest absolute Gasteiger partial charge is 0.489 e. The van der Waals surface area contributed by atoms with Crippen LogP contribution in [0.3, 0.4) is 0 Å². The Morgan fingerprint density at radius 1 is 0.964 bits per heavy atom. The number of pyridine rings is 1. The molecule has 0 unspecified atom stereocenters. The summed E-state index contributed by atoms with van der Waals surface area (Å²) in [4.78, 5) is 4.55. The molecule has 1 heterocycles. The molecule has 3 rings (SSSR count). The Morgan fingerprint density at radius 2 is 1.68 bits per heavy atom. The number of hydrogen-bond acceptors (Lipinski definition) is 5. The van der Waals surface area contributed by atoms with Crippen molar-refractivity contribution in [2.45, 2.75) is 31.8 Å². The molecular formula is C21H23N3O3S. The average Bonchev–Trinajstić information content (AvgIpc) is 2.64. The first-order valence-corrected chi connectivity index (χ1v) is 10.4. The zero-order valence-corrected chi connectivity index (χ0v) is 16.8. The predicted octanol–water partition coefficient (Wildman–Crippen LogP) is 4.72. The van der Waals surface area contributed by atoms with Gasteiger partial charge in [0, 0.05) is 0 Å². The van der Waals surface area contributed by atoms with Crippen LogP contribution in [0.25, 0.3) is 0 Å². The highest BCUT2D eigenvalue weighted by Crippen LogP contribution is 2.28. The zero-order valence-electron chi connectivity index (χ0n) is 16.0. The van der Waals surface area contributed by atoms with Crippen LogP contribution in [0, 0.1) is 6.92 Å². The lowest BCUT2D eigenvalue weighted by molar-refractivity contribution is 0.244. The first-order valence-electron chi connectivity index (χ1n) is 8.92. The molecule has 0 bridgehead atoms. The van der Waals surface area contributed by atoms with Crippen molar-refractivity contribution < 1.29 is 13.2 Å². The van der Waals surface area contributed by atoms with E-state index in [2.05, 4.69) is 15.0 Å². The summed E-state index contributed by atoms with van der Waals surface area (Å²) < 4.78 is 33.5. The number of rotatable bonds is 7. The molecular weight excluding hydrogens is 374 g/mol. The maximum Gasteiger partial charge on any atom is 0.262 e. The van der Waals surface area contributed by atoms with Crippen molar-refractivity contribution in [1.29, 1.82) is 0 Å². The van der Waals surface area contributed by atoms with Gasteiger partial charge in [-0.15, -0.1) is 0 Å². The monoisotopic (exact) mass is 397 g/mol. The Hall–Kier alpha value is -3.06. The number of anilines is 3. The van der Waals surface area contributed by atoms with Gasteiger partial charge < -0.3 is 10.1 Å². The fourth-order valence-electron chi connectivity index (χ4n) is 2.66. The van der Waals surface area contributed by atoms with Gasteiger partial charge >= 0.3 is 0 Å². The van der Waals surface area contributed by atoms with Crippen LogP contribution >= 0.6 is 0 Å². The van der Waals surface area contributed by atoms with Crippen LogP contribution in [0.1, 0.15) is 19.4 Å². The number of para-hydroxylation sites is 2. The minimum atomic E-state index is -3.67. The second-order valence-corrected chi connectivity index (χ2v) is 8.24. The summed E-state index contributed by atoms with van der Waals surface area (Å²) in [5.74, 6) is 1.31. The van der Waals surface area contributed by atoms with Gasteiger partial charge in [0.15, 0.2) is 0 Å². The summed E-state index contributed by atoms with van der Waals surface area (Å²) in [6.07, 6.45) is 1.53. The van der Waals surface area contributed by atoms with E-state index in [0.717, 1.165) is 11.4 Å². The molecule has 7 heteroatoms. The average molecular weight is 398 g/mol. The summed E-state index contributed by atoms with van der Waals surface area (Å²) in [6, 6.07) is 17.8. The Bertz CT molecular complexity index is 1050. The van der Waals surface area contributed by atoms with E-state index in [-0.39, 0.29) is 11.0 Å². The number of sulfonamides is 1. The van der Waals surface area contributed by atoms with E-state index in [1.54, 1.807) is 43.3 Å². The second-order valence-electron chi connectivity index (χ2n) is 6.59. The minimum Gasteiger partial charge on any atom is -0.489 e. The SMILES string of the molecule is Cc1ccccc1S(=O)(=O)Nc1ccc(Nc2ccccc2OC(C)C)nc1. The van der Waals surface area contributed by atoms with Crippen molar-refractivity contribution in [2.75, 3.05) is 10.0 Å². The number of benzene rings is 2. The molecule has 0 radical (unpaired) electrons. The fraction of sp³-hybridized carbons (Fsp3) is 0.190. The molecule has 0 saturated heterocycles. The smallest absolute Gasteiger partial charge is 0.262 e. The normalized spacial score (nSPS) is 11.3. The lowest BCUT2D eigenvalue weighted by Gasteiger charge is -2.15. The van der Waals surface area contributed by atoms with E-state index in [1.807, 2.05) is 38.1 Å². The lowest BCUT2D eigenvalue weighted by atomic mass is 10.2. The standard InChI is InChI=1S/C21H23N3O3S/c1-15(2)27-19-10-6-5-9-18(19)23-21-13-12-17(14-22-21)24-28(25,26)20-11-7-4-8-16(20)3/h4-15,24H,1-3H3,(H,22,23). The number of aryl methyl sites for hydroxylation is 1. The Balaban J connectivity index is 1.75. The van der Waals surface area contributed by atoms with E-state index >= 15 is 0 Å². The van der Waals surface area contributed by atoms with Crippen molar-refractivity contribution in [1.82, 2.24) is 4.98 Å². The van der Waals surface area contributed by atoms with Gasteiger partial charge in [0.1, 0.15) is 11.6 Å². The molecule has 28 heavy (non-hydrogen) atoms.